The molecule has 0 radical (unpaired) electrons. The monoisotopic (exact) mass is 491 g/mol. The predicted octanol–water partition coefficient (Wildman–Crippen LogP) is 5.42. The highest BCUT2D eigenvalue weighted by Gasteiger charge is 2.25. The van der Waals surface area contributed by atoms with Crippen molar-refractivity contribution in [2.45, 2.75) is 84.1 Å². The van der Waals surface area contributed by atoms with Crippen molar-refractivity contribution in [3.05, 3.63) is 39.8 Å². The summed E-state index contributed by atoms with van der Waals surface area (Å²) in [6, 6.07) is 4.29. The minimum absolute atomic E-state index is 0.0971. The van der Waals surface area contributed by atoms with Gasteiger partial charge in [-0.2, -0.15) is 5.10 Å². The van der Waals surface area contributed by atoms with Gasteiger partial charge in [0.15, 0.2) is 0 Å². The lowest BCUT2D eigenvalue weighted by atomic mass is 10.0. The fraction of sp³-hybridized carbons (Fsp3) is 0.621. The molecule has 0 bridgehead atoms. The summed E-state index contributed by atoms with van der Waals surface area (Å²) in [6.45, 7) is 8.77. The zero-order chi connectivity index (χ0) is 25.1. The van der Waals surface area contributed by atoms with E-state index in [1.807, 2.05) is 24.0 Å². The molecule has 1 saturated carbocycles. The first-order valence-corrected chi connectivity index (χ1v) is 14.1. The van der Waals surface area contributed by atoms with E-state index in [4.69, 9.17) is 5.10 Å². The number of piperazine rings is 1. The van der Waals surface area contributed by atoms with E-state index in [0.29, 0.717) is 11.4 Å². The summed E-state index contributed by atoms with van der Waals surface area (Å²) in [4.78, 5) is 34.1. The average molecular weight is 492 g/mol. The smallest absolute Gasteiger partial charge is 0.259 e. The van der Waals surface area contributed by atoms with Gasteiger partial charge in [-0.15, -0.1) is 0 Å². The van der Waals surface area contributed by atoms with Gasteiger partial charge in [-0.3, -0.25) is 19.2 Å². The number of fused-ring (bicyclic) bond motifs is 3. The fourth-order valence-electron chi connectivity index (χ4n) is 6.11. The molecule has 3 heterocycles. The largest absolute Gasteiger partial charge is 0.336 e. The van der Waals surface area contributed by atoms with Crippen molar-refractivity contribution in [2.24, 2.45) is 0 Å². The van der Waals surface area contributed by atoms with Gasteiger partial charge in [0.25, 0.3) is 11.5 Å². The summed E-state index contributed by atoms with van der Waals surface area (Å²) in [6.07, 6.45) is 13.9. The second-order valence-corrected chi connectivity index (χ2v) is 10.9. The molecule has 5 rings (SSSR count). The third kappa shape index (κ3) is 5.08. The molecular formula is C29H41N5O2. The van der Waals surface area contributed by atoms with Crippen LogP contribution in [0.25, 0.3) is 21.8 Å². The van der Waals surface area contributed by atoms with Crippen LogP contribution < -0.4 is 5.56 Å². The van der Waals surface area contributed by atoms with Crippen LogP contribution in [0.15, 0.2) is 23.1 Å². The topological polar surface area (TPSA) is 74.2 Å². The van der Waals surface area contributed by atoms with Crippen LogP contribution in [0.5, 0.6) is 0 Å². The lowest BCUT2D eigenvalue weighted by Crippen LogP contribution is -2.49. The summed E-state index contributed by atoms with van der Waals surface area (Å²) < 4.78 is 2.08. The van der Waals surface area contributed by atoms with Crippen LogP contribution in [0.4, 0.5) is 0 Å². The average Bonchev–Trinajstić information content (AvgIpc) is 3.15. The van der Waals surface area contributed by atoms with Crippen molar-refractivity contribution >= 4 is 27.7 Å². The Kier molecular flexibility index (Phi) is 7.75. The minimum atomic E-state index is -0.106. The Balaban J connectivity index is 1.42. The molecule has 1 N–H and O–H groups in total. The van der Waals surface area contributed by atoms with Crippen molar-refractivity contribution in [3.63, 3.8) is 0 Å². The number of nitrogens with zero attached hydrogens (tertiary/aromatic N) is 4. The predicted molar refractivity (Wildman–Crippen MR) is 146 cm³/mol. The maximum absolute atomic E-state index is 13.7. The summed E-state index contributed by atoms with van der Waals surface area (Å²) in [5.41, 5.74) is 3.21. The molecule has 1 aliphatic carbocycles. The number of aryl methyl sites for hydroxylation is 1. The Hall–Kier alpha value is -2.67. The van der Waals surface area contributed by atoms with Gasteiger partial charge in [-0.25, -0.2) is 0 Å². The zero-order valence-electron chi connectivity index (χ0n) is 22.0. The number of aromatic nitrogens is 3. The number of aromatic amines is 1. The molecule has 2 aliphatic rings. The molecule has 1 aliphatic heterocycles. The van der Waals surface area contributed by atoms with Gasteiger partial charge < -0.3 is 9.88 Å². The van der Waals surface area contributed by atoms with E-state index in [1.54, 1.807) is 6.20 Å². The highest BCUT2D eigenvalue weighted by atomic mass is 16.2. The van der Waals surface area contributed by atoms with Gasteiger partial charge in [0.1, 0.15) is 0 Å². The molecule has 1 amide bonds. The molecule has 2 fully saturated rings. The lowest BCUT2D eigenvalue weighted by Gasteiger charge is -2.35. The van der Waals surface area contributed by atoms with Crippen LogP contribution in [-0.4, -0.2) is 63.2 Å². The number of carbonyl (C=O) groups is 1. The Bertz CT molecular complexity index is 1260. The van der Waals surface area contributed by atoms with Crippen LogP contribution >= 0.6 is 0 Å². The Labute approximate surface area is 213 Å². The molecule has 1 aromatic carbocycles. The molecule has 7 nitrogen and oxygen atoms in total. The standard InChI is InChI=1S/C29H41N5O2/c1-3-4-5-10-13-32-14-16-33(17-15-32)29(36)23-19-24-26(18-21(23)2)31-28(35)25-20-30-34(27(24)25)22-11-8-6-7-9-12-22/h18-20,22H,3-17H2,1-2H3,(H,31,35). The van der Waals surface area contributed by atoms with E-state index in [-0.39, 0.29) is 11.5 Å². The van der Waals surface area contributed by atoms with Crippen LogP contribution in [0, 0.1) is 6.92 Å². The Morgan fingerprint density at radius 2 is 1.75 bits per heavy atom. The first-order valence-electron chi connectivity index (χ1n) is 14.1. The maximum atomic E-state index is 13.7. The highest BCUT2D eigenvalue weighted by Crippen LogP contribution is 2.32. The first-order chi connectivity index (χ1) is 17.6. The van der Waals surface area contributed by atoms with E-state index in [0.717, 1.165) is 73.1 Å². The zero-order valence-corrected chi connectivity index (χ0v) is 22.0. The maximum Gasteiger partial charge on any atom is 0.259 e. The van der Waals surface area contributed by atoms with Gasteiger partial charge in [0.05, 0.1) is 28.7 Å². The fourth-order valence-corrected chi connectivity index (χ4v) is 6.11. The van der Waals surface area contributed by atoms with Gasteiger partial charge in [0, 0.05) is 37.1 Å². The first kappa shape index (κ1) is 25.0. The number of H-pyrrole nitrogens is 1. The SMILES string of the molecule is CCCCCCN1CCN(C(=O)c2cc3c(cc2C)[nH]c(=O)c2cnn(C4CCCCCC4)c23)CC1. The lowest BCUT2D eigenvalue weighted by molar-refractivity contribution is 0.0634. The Morgan fingerprint density at radius 1 is 1.00 bits per heavy atom. The summed E-state index contributed by atoms with van der Waals surface area (Å²) in [7, 11) is 0. The molecule has 0 atom stereocenters. The number of benzene rings is 1. The number of amides is 1. The van der Waals surface area contributed by atoms with Crippen LogP contribution in [0.1, 0.15) is 93.1 Å². The molecule has 0 spiro atoms. The number of nitrogens with one attached hydrogen (secondary N) is 1. The second-order valence-electron chi connectivity index (χ2n) is 10.9. The molecule has 0 unspecified atom stereocenters. The van der Waals surface area contributed by atoms with E-state index in [2.05, 4.69) is 21.5 Å². The number of hydrogen-bond donors (Lipinski definition) is 1. The van der Waals surface area contributed by atoms with E-state index < -0.39 is 0 Å². The van der Waals surface area contributed by atoms with Crippen LogP contribution in [0.3, 0.4) is 0 Å². The third-order valence-corrected chi connectivity index (χ3v) is 8.30. The molecule has 3 aromatic rings. The number of carbonyl (C=O) groups excluding carboxylic acids is 1. The van der Waals surface area contributed by atoms with E-state index in [1.165, 1.54) is 51.4 Å². The van der Waals surface area contributed by atoms with Crippen LogP contribution in [0.2, 0.25) is 0 Å². The molecule has 7 heteroatoms. The van der Waals surface area contributed by atoms with E-state index >= 15 is 0 Å². The van der Waals surface area contributed by atoms with Crippen molar-refractivity contribution in [2.75, 3.05) is 32.7 Å². The third-order valence-electron chi connectivity index (χ3n) is 8.30. The van der Waals surface area contributed by atoms with Gasteiger partial charge in [-0.1, -0.05) is 51.9 Å². The number of rotatable bonds is 7. The molecule has 194 valence electrons. The normalized spacial score (nSPS) is 18.2. The summed E-state index contributed by atoms with van der Waals surface area (Å²) in [5.74, 6) is 0.0971. The molecular weight excluding hydrogens is 450 g/mol. The van der Waals surface area contributed by atoms with Crippen molar-refractivity contribution in [3.8, 4) is 0 Å². The number of hydrogen-bond acceptors (Lipinski definition) is 4. The quantitative estimate of drug-likeness (QED) is 0.354. The highest BCUT2D eigenvalue weighted by molar-refractivity contribution is 6.07. The molecule has 2 aromatic heterocycles. The summed E-state index contributed by atoms with van der Waals surface area (Å²) in [5, 5.41) is 6.24. The molecule has 36 heavy (non-hydrogen) atoms. The van der Waals surface area contributed by atoms with Crippen molar-refractivity contribution in [1.82, 2.24) is 24.6 Å². The van der Waals surface area contributed by atoms with Gasteiger partial charge in [-0.05, 0) is 50.4 Å². The summed E-state index contributed by atoms with van der Waals surface area (Å²) >= 11 is 0. The minimum Gasteiger partial charge on any atom is -0.336 e. The van der Waals surface area contributed by atoms with Crippen molar-refractivity contribution < 1.29 is 4.79 Å². The molecule has 1 saturated heterocycles. The number of pyridine rings is 1. The van der Waals surface area contributed by atoms with Crippen LogP contribution in [-0.2, 0) is 0 Å². The Morgan fingerprint density at radius 3 is 2.47 bits per heavy atom. The van der Waals surface area contributed by atoms with E-state index in [9.17, 15) is 9.59 Å². The number of unbranched alkanes of at least 4 members (excludes halogenated alkanes) is 3. The van der Waals surface area contributed by atoms with Gasteiger partial charge in [0.2, 0.25) is 0 Å². The van der Waals surface area contributed by atoms with Crippen molar-refractivity contribution in [1.29, 1.82) is 0 Å². The van der Waals surface area contributed by atoms with Gasteiger partial charge >= 0.3 is 0 Å². The second kappa shape index (κ2) is 11.2.